The first-order valence-electron chi connectivity index (χ1n) is 8.98. The Morgan fingerprint density at radius 1 is 1.31 bits per heavy atom. The van der Waals surface area contributed by atoms with Gasteiger partial charge in [-0.1, -0.05) is 45.5 Å². The van der Waals surface area contributed by atoms with E-state index < -0.39 is 12.0 Å². The summed E-state index contributed by atoms with van der Waals surface area (Å²) in [7, 11) is 0. The van der Waals surface area contributed by atoms with E-state index >= 15 is 0 Å². The van der Waals surface area contributed by atoms with Crippen molar-refractivity contribution in [2.75, 3.05) is 6.61 Å². The van der Waals surface area contributed by atoms with Gasteiger partial charge in [0.15, 0.2) is 4.80 Å². The van der Waals surface area contributed by atoms with Crippen LogP contribution in [-0.2, 0) is 9.53 Å². The number of hydrogen-bond acceptors (Lipinski definition) is 6. The van der Waals surface area contributed by atoms with Gasteiger partial charge < -0.3 is 4.74 Å². The minimum absolute atomic E-state index is 0.163. The summed E-state index contributed by atoms with van der Waals surface area (Å²) in [6.07, 6.45) is 1.87. The van der Waals surface area contributed by atoms with Gasteiger partial charge in [-0.3, -0.25) is 9.36 Å². The van der Waals surface area contributed by atoms with Crippen LogP contribution in [0.4, 0.5) is 0 Å². The van der Waals surface area contributed by atoms with E-state index in [0.29, 0.717) is 20.6 Å². The maximum Gasteiger partial charge on any atom is 0.338 e. The second-order valence-corrected chi connectivity index (χ2v) is 9.27. The lowest BCUT2D eigenvalue weighted by Gasteiger charge is -2.24. The molecule has 0 aliphatic carbocycles. The van der Waals surface area contributed by atoms with Gasteiger partial charge in [0.25, 0.3) is 5.56 Å². The van der Waals surface area contributed by atoms with Crippen LogP contribution in [0.1, 0.15) is 30.3 Å². The maximum absolute atomic E-state index is 13.3. The smallest absolute Gasteiger partial charge is 0.338 e. The Hall–Kier alpha value is -2.29. The Balaban J connectivity index is 1.97. The second-order valence-electron chi connectivity index (χ2n) is 6.37. The summed E-state index contributed by atoms with van der Waals surface area (Å²) in [5.74, 6) is -0.450. The minimum atomic E-state index is -0.580. The van der Waals surface area contributed by atoms with Crippen molar-refractivity contribution < 1.29 is 9.53 Å². The van der Waals surface area contributed by atoms with E-state index in [-0.39, 0.29) is 12.2 Å². The molecule has 0 spiro atoms. The average Bonchev–Trinajstić information content (AvgIpc) is 3.30. The molecular formula is C21H17BrN2O3S2. The van der Waals surface area contributed by atoms with Crippen LogP contribution in [0.5, 0.6) is 0 Å². The first kappa shape index (κ1) is 20.0. The molecule has 0 bridgehead atoms. The number of nitrogens with zero attached hydrogens (tertiary/aromatic N) is 2. The van der Waals surface area contributed by atoms with E-state index in [2.05, 4.69) is 20.9 Å². The number of hydrogen-bond donors (Lipinski definition) is 0. The fourth-order valence-corrected chi connectivity index (χ4v) is 5.29. The van der Waals surface area contributed by atoms with Gasteiger partial charge in [0.2, 0.25) is 0 Å². The van der Waals surface area contributed by atoms with E-state index in [1.54, 1.807) is 29.8 Å². The number of thiazole rings is 1. The molecule has 1 aromatic carbocycles. The number of thiophene rings is 1. The third kappa shape index (κ3) is 3.80. The Morgan fingerprint density at radius 2 is 2.07 bits per heavy atom. The molecule has 148 valence electrons. The molecule has 0 N–H and O–H groups in total. The summed E-state index contributed by atoms with van der Waals surface area (Å²) < 4.78 is 8.40. The predicted octanol–water partition coefficient (Wildman–Crippen LogP) is 3.62. The zero-order valence-corrected chi connectivity index (χ0v) is 18.9. The highest BCUT2D eigenvalue weighted by molar-refractivity contribution is 9.10. The maximum atomic E-state index is 13.3. The van der Waals surface area contributed by atoms with E-state index in [4.69, 9.17) is 4.74 Å². The SMILES string of the molecule is CCOC(=O)C1=C(C)N=c2sc(=Cc3cccs3)c(=O)n2C1c1ccc(Br)cc1. The standard InChI is InChI=1S/C21H17BrN2O3S2/c1-3-27-20(26)17-12(2)23-21-24(18(17)13-6-8-14(22)9-7-13)19(25)16(29-21)11-15-5-4-10-28-15/h4-11,18H,3H2,1-2H3. The van der Waals surface area contributed by atoms with Crippen LogP contribution in [-0.4, -0.2) is 17.1 Å². The van der Waals surface area contributed by atoms with Crippen LogP contribution < -0.4 is 14.9 Å². The molecule has 3 aromatic rings. The number of allylic oxidation sites excluding steroid dienone is 1. The topological polar surface area (TPSA) is 60.7 Å². The molecule has 0 saturated carbocycles. The van der Waals surface area contributed by atoms with Crippen molar-refractivity contribution in [3.63, 3.8) is 0 Å². The van der Waals surface area contributed by atoms with Gasteiger partial charge in [0, 0.05) is 9.35 Å². The first-order chi connectivity index (χ1) is 14.0. The van der Waals surface area contributed by atoms with Gasteiger partial charge in [-0.15, -0.1) is 11.3 Å². The Kier molecular flexibility index (Phi) is 5.67. The molecule has 1 unspecified atom stereocenters. The number of fused-ring (bicyclic) bond motifs is 1. The van der Waals surface area contributed by atoms with Gasteiger partial charge in [0.1, 0.15) is 0 Å². The van der Waals surface area contributed by atoms with Crippen molar-refractivity contribution in [1.29, 1.82) is 0 Å². The lowest BCUT2D eigenvalue weighted by molar-refractivity contribution is -0.139. The van der Waals surface area contributed by atoms with Gasteiger partial charge in [-0.05, 0) is 49.1 Å². The van der Waals surface area contributed by atoms with Gasteiger partial charge in [-0.2, -0.15) is 0 Å². The molecular weight excluding hydrogens is 472 g/mol. The fraction of sp³-hybridized carbons (Fsp3) is 0.190. The minimum Gasteiger partial charge on any atom is -0.463 e. The largest absolute Gasteiger partial charge is 0.463 e. The molecule has 5 nitrogen and oxygen atoms in total. The average molecular weight is 489 g/mol. The van der Waals surface area contributed by atoms with Crippen LogP contribution in [0.3, 0.4) is 0 Å². The van der Waals surface area contributed by atoms with E-state index in [1.807, 2.05) is 47.9 Å². The van der Waals surface area contributed by atoms with Crippen molar-refractivity contribution in [3.8, 4) is 0 Å². The van der Waals surface area contributed by atoms with Crippen LogP contribution in [0.25, 0.3) is 6.08 Å². The monoisotopic (exact) mass is 488 g/mol. The van der Waals surface area contributed by atoms with Gasteiger partial charge in [0.05, 0.1) is 28.5 Å². The van der Waals surface area contributed by atoms with Crippen molar-refractivity contribution in [2.45, 2.75) is 19.9 Å². The summed E-state index contributed by atoms with van der Waals surface area (Å²) in [6, 6.07) is 10.9. The van der Waals surface area contributed by atoms with Crippen molar-refractivity contribution in [3.05, 3.63) is 87.6 Å². The number of rotatable bonds is 4. The Morgan fingerprint density at radius 3 is 2.72 bits per heavy atom. The summed E-state index contributed by atoms with van der Waals surface area (Å²) in [4.78, 5) is 32.2. The number of halogens is 1. The van der Waals surface area contributed by atoms with Crippen LogP contribution in [0.15, 0.2) is 67.3 Å². The lowest BCUT2D eigenvalue weighted by Crippen LogP contribution is -2.39. The molecule has 4 rings (SSSR count). The van der Waals surface area contributed by atoms with Crippen molar-refractivity contribution >= 4 is 50.6 Å². The number of carbonyl (C=O) groups is 1. The quantitative estimate of drug-likeness (QED) is 0.526. The van der Waals surface area contributed by atoms with Crippen LogP contribution >= 0.6 is 38.6 Å². The first-order valence-corrected chi connectivity index (χ1v) is 11.5. The zero-order chi connectivity index (χ0) is 20.5. The summed E-state index contributed by atoms with van der Waals surface area (Å²) in [5.41, 5.74) is 1.63. The highest BCUT2D eigenvalue weighted by atomic mass is 79.9. The van der Waals surface area contributed by atoms with E-state index in [1.165, 1.54) is 11.3 Å². The second kappa shape index (κ2) is 8.22. The van der Waals surface area contributed by atoms with Gasteiger partial charge >= 0.3 is 5.97 Å². The highest BCUT2D eigenvalue weighted by Gasteiger charge is 2.33. The number of aromatic nitrogens is 1. The molecule has 0 amide bonds. The van der Waals surface area contributed by atoms with Gasteiger partial charge in [-0.25, -0.2) is 9.79 Å². The Bertz CT molecular complexity index is 1270. The molecule has 1 aliphatic heterocycles. The van der Waals surface area contributed by atoms with Crippen LogP contribution in [0, 0.1) is 0 Å². The fourth-order valence-electron chi connectivity index (χ4n) is 3.25. The lowest BCUT2D eigenvalue weighted by atomic mass is 9.96. The molecule has 2 aromatic heterocycles. The number of carbonyl (C=O) groups excluding carboxylic acids is 1. The number of esters is 1. The third-order valence-electron chi connectivity index (χ3n) is 4.52. The van der Waals surface area contributed by atoms with Crippen molar-refractivity contribution in [1.82, 2.24) is 4.57 Å². The predicted molar refractivity (Wildman–Crippen MR) is 119 cm³/mol. The molecule has 3 heterocycles. The number of benzene rings is 1. The molecule has 1 aliphatic rings. The van der Waals surface area contributed by atoms with Crippen molar-refractivity contribution in [2.24, 2.45) is 4.99 Å². The third-order valence-corrected chi connectivity index (χ3v) is 6.85. The number of ether oxygens (including phenoxy) is 1. The molecule has 0 fully saturated rings. The summed E-state index contributed by atoms with van der Waals surface area (Å²) in [6.45, 7) is 3.80. The molecule has 8 heteroatoms. The normalized spacial score (nSPS) is 16.5. The Labute approximate surface area is 183 Å². The molecule has 1 atom stereocenters. The molecule has 0 radical (unpaired) electrons. The molecule has 0 saturated heterocycles. The van der Waals surface area contributed by atoms with E-state index in [9.17, 15) is 9.59 Å². The van der Waals surface area contributed by atoms with Crippen LogP contribution in [0.2, 0.25) is 0 Å². The summed E-state index contributed by atoms with van der Waals surface area (Å²) in [5, 5.41) is 1.97. The molecule has 29 heavy (non-hydrogen) atoms. The zero-order valence-electron chi connectivity index (χ0n) is 15.7. The summed E-state index contributed by atoms with van der Waals surface area (Å²) >= 11 is 6.34. The highest BCUT2D eigenvalue weighted by Crippen LogP contribution is 2.31. The van der Waals surface area contributed by atoms with E-state index in [0.717, 1.165) is 14.9 Å².